The average Bonchev–Trinajstić information content (AvgIpc) is 3.47. The lowest BCUT2D eigenvalue weighted by Crippen LogP contribution is -2.38. The van der Waals surface area contributed by atoms with Crippen molar-refractivity contribution in [2.75, 3.05) is 64.5 Å². The largest absolute Gasteiger partial charge is 0.493 e. The number of hydrogen-bond donors (Lipinski definition) is 1. The van der Waals surface area contributed by atoms with Crippen molar-refractivity contribution in [1.29, 1.82) is 0 Å². The molecule has 0 saturated carbocycles. The van der Waals surface area contributed by atoms with Crippen molar-refractivity contribution in [2.24, 2.45) is 0 Å². The average molecular weight is 612 g/mol. The molecular formula is C31H37N3O6S2. The maximum absolute atomic E-state index is 13.8. The summed E-state index contributed by atoms with van der Waals surface area (Å²) in [6.07, 6.45) is 1.44. The monoisotopic (exact) mass is 611 g/mol. The molecule has 0 unspecified atom stereocenters. The highest BCUT2D eigenvalue weighted by molar-refractivity contribution is 7.98. The number of para-hydroxylation sites is 2. The third-order valence-electron chi connectivity index (χ3n) is 7.54. The first-order valence-corrected chi connectivity index (χ1v) is 16.5. The van der Waals surface area contributed by atoms with Crippen molar-refractivity contribution in [1.82, 2.24) is 10.2 Å². The van der Waals surface area contributed by atoms with Crippen molar-refractivity contribution in [3.05, 3.63) is 77.4 Å². The van der Waals surface area contributed by atoms with E-state index in [9.17, 15) is 13.2 Å². The van der Waals surface area contributed by atoms with E-state index in [2.05, 4.69) is 10.2 Å². The summed E-state index contributed by atoms with van der Waals surface area (Å²) in [5.41, 5.74) is 2.93. The minimum Gasteiger partial charge on any atom is -0.493 e. The Kier molecular flexibility index (Phi) is 9.94. The van der Waals surface area contributed by atoms with Gasteiger partial charge in [0.1, 0.15) is 0 Å². The fourth-order valence-electron chi connectivity index (χ4n) is 5.31. The van der Waals surface area contributed by atoms with Crippen LogP contribution in [0.5, 0.6) is 11.5 Å². The molecule has 11 heteroatoms. The summed E-state index contributed by atoms with van der Waals surface area (Å²) in [6.45, 7) is 4.96. The first-order chi connectivity index (χ1) is 20.4. The highest BCUT2D eigenvalue weighted by Gasteiger charge is 2.31. The van der Waals surface area contributed by atoms with Crippen molar-refractivity contribution >= 4 is 33.4 Å². The Morgan fingerprint density at radius 2 is 1.81 bits per heavy atom. The van der Waals surface area contributed by atoms with Gasteiger partial charge in [-0.1, -0.05) is 30.3 Å². The lowest BCUT2D eigenvalue weighted by Gasteiger charge is -2.26. The Morgan fingerprint density at radius 1 is 1.00 bits per heavy atom. The predicted molar refractivity (Wildman–Crippen MR) is 164 cm³/mol. The number of methoxy groups -OCH3 is 2. The number of thioether (sulfide) groups is 1. The summed E-state index contributed by atoms with van der Waals surface area (Å²) in [5, 5.41) is 3.02. The van der Waals surface area contributed by atoms with Gasteiger partial charge in [0.2, 0.25) is 0 Å². The second-order valence-electron chi connectivity index (χ2n) is 10.1. The summed E-state index contributed by atoms with van der Waals surface area (Å²) < 4.78 is 45.5. The Hall–Kier alpha value is -3.25. The summed E-state index contributed by atoms with van der Waals surface area (Å²) >= 11 is 1.45. The quantitative estimate of drug-likeness (QED) is 0.241. The second kappa shape index (κ2) is 13.8. The molecule has 0 bridgehead atoms. The molecule has 0 spiro atoms. The first-order valence-electron chi connectivity index (χ1n) is 14.1. The number of amides is 1. The molecule has 1 N–H and O–H groups in total. The van der Waals surface area contributed by atoms with Crippen LogP contribution in [0.1, 0.15) is 27.9 Å². The van der Waals surface area contributed by atoms with Gasteiger partial charge in [0.25, 0.3) is 15.9 Å². The van der Waals surface area contributed by atoms with E-state index in [0.29, 0.717) is 52.9 Å². The molecular weight excluding hydrogens is 574 g/mol. The fraction of sp³-hybridized carbons (Fsp3) is 0.387. The molecule has 0 aromatic heterocycles. The number of benzene rings is 3. The molecule has 9 nitrogen and oxygen atoms in total. The fourth-order valence-corrected chi connectivity index (χ4v) is 7.84. The number of carbonyl (C=O) groups is 1. The van der Waals surface area contributed by atoms with Crippen LogP contribution in [0.25, 0.3) is 0 Å². The van der Waals surface area contributed by atoms with Gasteiger partial charge in [-0.15, -0.1) is 11.8 Å². The molecule has 3 aromatic rings. The third kappa shape index (κ3) is 6.70. The van der Waals surface area contributed by atoms with Gasteiger partial charge in [-0.05, 0) is 55.3 Å². The zero-order valence-electron chi connectivity index (χ0n) is 24.0. The van der Waals surface area contributed by atoms with Crippen molar-refractivity contribution in [3.8, 4) is 11.5 Å². The van der Waals surface area contributed by atoms with Crippen LogP contribution in [-0.4, -0.2) is 79.4 Å². The Bertz CT molecular complexity index is 1510. The number of anilines is 1. The Balaban J connectivity index is 1.38. The predicted octanol–water partition coefficient (Wildman–Crippen LogP) is 4.20. The molecule has 0 radical (unpaired) electrons. The number of rotatable bonds is 12. The summed E-state index contributed by atoms with van der Waals surface area (Å²) in [5.74, 6) is 1.47. The van der Waals surface area contributed by atoms with Gasteiger partial charge >= 0.3 is 0 Å². The molecule has 1 amide bonds. The molecule has 1 saturated heterocycles. The highest BCUT2D eigenvalue weighted by Crippen LogP contribution is 2.37. The van der Waals surface area contributed by atoms with Crippen LogP contribution in [0.15, 0.2) is 70.5 Å². The molecule has 3 aromatic carbocycles. The smallest absolute Gasteiger partial charge is 0.264 e. The van der Waals surface area contributed by atoms with Crippen LogP contribution in [0.2, 0.25) is 0 Å². The summed E-state index contributed by atoms with van der Waals surface area (Å²) in [7, 11) is -0.676. The van der Waals surface area contributed by atoms with E-state index in [1.807, 2.05) is 42.5 Å². The van der Waals surface area contributed by atoms with Crippen molar-refractivity contribution < 1.29 is 27.4 Å². The number of ether oxygens (including phenoxy) is 3. The van der Waals surface area contributed by atoms with Gasteiger partial charge in [-0.25, -0.2) is 8.42 Å². The Labute approximate surface area is 252 Å². The summed E-state index contributed by atoms with van der Waals surface area (Å²) in [4.78, 5) is 16.6. The maximum atomic E-state index is 13.8. The Morgan fingerprint density at radius 3 is 2.60 bits per heavy atom. The lowest BCUT2D eigenvalue weighted by atomic mass is 10.2. The van der Waals surface area contributed by atoms with E-state index in [4.69, 9.17) is 14.2 Å². The SMILES string of the molecule is COc1cccc(CSc2ccc(S(=O)(=O)N3CCc4ccccc43)cc2C(=O)NCCCN2CCOCC2)c1OC. The standard InChI is InChI=1S/C31H37N3O6S2/c1-38-28-10-5-8-24(30(28)39-2)22-41-29-12-11-25(42(36,37)34-16-13-23-7-3-4-9-27(23)34)21-26(29)31(35)32-14-6-15-33-17-19-40-20-18-33/h3-5,7-12,21H,6,13-20,22H2,1-2H3,(H,32,35). The minimum atomic E-state index is -3.86. The van der Waals surface area contributed by atoms with Crippen LogP contribution >= 0.6 is 11.8 Å². The van der Waals surface area contributed by atoms with E-state index >= 15 is 0 Å². The van der Waals surface area contributed by atoms with E-state index in [0.717, 1.165) is 50.4 Å². The van der Waals surface area contributed by atoms with Gasteiger partial charge in [0.05, 0.1) is 43.6 Å². The third-order valence-corrected chi connectivity index (χ3v) is 10.5. The van der Waals surface area contributed by atoms with Gasteiger partial charge in [-0.3, -0.25) is 14.0 Å². The van der Waals surface area contributed by atoms with Gasteiger partial charge < -0.3 is 19.5 Å². The molecule has 0 aliphatic carbocycles. The van der Waals surface area contributed by atoms with Crippen molar-refractivity contribution in [2.45, 2.75) is 28.4 Å². The number of fused-ring (bicyclic) bond motifs is 1. The van der Waals surface area contributed by atoms with Gasteiger partial charge in [-0.2, -0.15) is 0 Å². The first kappa shape index (κ1) is 30.2. The number of nitrogens with zero attached hydrogens (tertiary/aromatic N) is 2. The molecule has 0 atom stereocenters. The van der Waals surface area contributed by atoms with Crippen LogP contribution < -0.4 is 19.1 Å². The molecule has 42 heavy (non-hydrogen) atoms. The lowest BCUT2D eigenvalue weighted by molar-refractivity contribution is 0.0374. The number of nitrogens with one attached hydrogen (secondary N) is 1. The molecule has 2 aliphatic heterocycles. The van der Waals surface area contributed by atoms with Crippen molar-refractivity contribution in [3.63, 3.8) is 0 Å². The van der Waals surface area contributed by atoms with Crippen LogP contribution in [0.4, 0.5) is 5.69 Å². The number of carbonyl (C=O) groups excluding carboxylic acids is 1. The minimum absolute atomic E-state index is 0.0981. The highest BCUT2D eigenvalue weighted by atomic mass is 32.2. The number of sulfonamides is 1. The normalized spacial score (nSPS) is 15.3. The van der Waals surface area contributed by atoms with E-state index < -0.39 is 10.0 Å². The molecule has 5 rings (SSSR count). The van der Waals surface area contributed by atoms with Gasteiger partial charge in [0, 0.05) is 42.4 Å². The second-order valence-corrected chi connectivity index (χ2v) is 13.0. The molecule has 2 aliphatic rings. The zero-order valence-corrected chi connectivity index (χ0v) is 25.6. The summed E-state index contributed by atoms with van der Waals surface area (Å²) in [6, 6.07) is 18.0. The van der Waals surface area contributed by atoms with Crippen LogP contribution in [0, 0.1) is 0 Å². The van der Waals surface area contributed by atoms with Crippen LogP contribution in [-0.2, 0) is 26.9 Å². The van der Waals surface area contributed by atoms with Gasteiger partial charge in [0.15, 0.2) is 11.5 Å². The number of morpholine rings is 1. The topological polar surface area (TPSA) is 97.4 Å². The van der Waals surface area contributed by atoms with E-state index in [1.54, 1.807) is 26.4 Å². The van der Waals surface area contributed by atoms with E-state index in [-0.39, 0.29) is 10.8 Å². The molecule has 2 heterocycles. The van der Waals surface area contributed by atoms with Crippen LogP contribution in [0.3, 0.4) is 0 Å². The zero-order chi connectivity index (χ0) is 29.5. The maximum Gasteiger partial charge on any atom is 0.264 e. The molecule has 1 fully saturated rings. The number of hydrogen-bond acceptors (Lipinski definition) is 8. The van der Waals surface area contributed by atoms with E-state index in [1.165, 1.54) is 22.1 Å². The molecule has 224 valence electrons.